The van der Waals surface area contributed by atoms with Gasteiger partial charge in [0.05, 0.1) is 5.69 Å². The van der Waals surface area contributed by atoms with Gasteiger partial charge in [0.1, 0.15) is 23.4 Å². The molecule has 35 heavy (non-hydrogen) atoms. The van der Waals surface area contributed by atoms with Crippen LogP contribution in [0.1, 0.15) is 53.3 Å². The van der Waals surface area contributed by atoms with Crippen molar-refractivity contribution in [3.05, 3.63) is 82.6 Å². The van der Waals surface area contributed by atoms with Gasteiger partial charge in [0, 0.05) is 32.0 Å². The molecule has 5 rings (SSSR count). The number of anilines is 2. The quantitative estimate of drug-likeness (QED) is 0.484. The molecule has 0 unspecified atom stereocenters. The van der Waals surface area contributed by atoms with E-state index in [1.807, 2.05) is 38.2 Å². The molecule has 0 saturated carbocycles. The number of fused-ring (bicyclic) bond motifs is 3. The maximum Gasteiger partial charge on any atom is 0.249 e. The summed E-state index contributed by atoms with van der Waals surface area (Å²) in [7, 11) is 1.81. The second-order valence-corrected chi connectivity index (χ2v) is 9.07. The minimum Gasteiger partial charge on any atom is -0.343 e. The van der Waals surface area contributed by atoms with Crippen molar-refractivity contribution in [2.75, 3.05) is 23.4 Å². The molecule has 2 aliphatic heterocycles. The predicted molar refractivity (Wildman–Crippen MR) is 136 cm³/mol. The van der Waals surface area contributed by atoms with Crippen molar-refractivity contribution >= 4 is 23.2 Å². The van der Waals surface area contributed by atoms with E-state index in [-0.39, 0.29) is 37.4 Å². The number of carbonyl (C=O) groups excluding carboxylic acids is 2. The van der Waals surface area contributed by atoms with E-state index >= 15 is 0 Å². The number of benzene rings is 2. The predicted octanol–water partition coefficient (Wildman–Crippen LogP) is 4.72. The van der Waals surface area contributed by atoms with Gasteiger partial charge in [-0.3, -0.25) is 9.59 Å². The number of likely N-dealkylation sites (N-methyl/N-ethyl adjacent to an activating group) is 1. The van der Waals surface area contributed by atoms with Crippen LogP contribution in [-0.2, 0) is 24.1 Å². The van der Waals surface area contributed by atoms with E-state index in [0.717, 1.165) is 60.0 Å². The average molecular weight is 475 g/mol. The molecule has 3 aromatic rings. The first kappa shape index (κ1) is 24.5. The molecule has 1 saturated heterocycles. The Morgan fingerprint density at radius 1 is 1.03 bits per heavy atom. The van der Waals surface area contributed by atoms with E-state index in [1.165, 1.54) is 24.3 Å². The van der Waals surface area contributed by atoms with Crippen LogP contribution in [-0.4, -0.2) is 41.3 Å². The highest BCUT2D eigenvalue weighted by molar-refractivity contribution is 6.05. The van der Waals surface area contributed by atoms with Gasteiger partial charge in [0.25, 0.3) is 0 Å². The van der Waals surface area contributed by atoms with Crippen LogP contribution in [0.4, 0.5) is 15.9 Å². The van der Waals surface area contributed by atoms with E-state index in [4.69, 9.17) is 9.97 Å². The molecule has 2 aromatic carbocycles. The Hall–Kier alpha value is -3.61. The first-order chi connectivity index (χ1) is 16.4. The van der Waals surface area contributed by atoms with Gasteiger partial charge in [0.15, 0.2) is 11.6 Å². The largest absolute Gasteiger partial charge is 0.343 e. The van der Waals surface area contributed by atoms with Gasteiger partial charge in [-0.1, -0.05) is 31.7 Å². The highest BCUT2D eigenvalue weighted by atomic mass is 19.1. The van der Waals surface area contributed by atoms with Gasteiger partial charge >= 0.3 is 0 Å². The van der Waals surface area contributed by atoms with Crippen LogP contribution in [0.5, 0.6) is 0 Å². The SMILES string of the molecule is C.Cc1nc(CCc2ccc(CC(=O)c3ccc(F)cc3)cc2)nc2c1N(C)C(=O)[C@H]1CCCN21. The average Bonchev–Trinajstić information content (AvgIpc) is 3.33. The lowest BCUT2D eigenvalue weighted by molar-refractivity contribution is -0.119. The Labute approximate surface area is 205 Å². The first-order valence-corrected chi connectivity index (χ1v) is 11.7. The summed E-state index contributed by atoms with van der Waals surface area (Å²) in [6.07, 6.45) is 3.62. The summed E-state index contributed by atoms with van der Waals surface area (Å²) in [6.45, 7) is 2.79. The Morgan fingerprint density at radius 2 is 1.71 bits per heavy atom. The number of aromatic nitrogens is 2. The number of amides is 1. The molecule has 0 aliphatic carbocycles. The fourth-order valence-electron chi connectivity index (χ4n) is 4.93. The van der Waals surface area contributed by atoms with E-state index in [0.29, 0.717) is 12.0 Å². The van der Waals surface area contributed by atoms with Crippen LogP contribution >= 0.6 is 0 Å². The number of Topliss-reactive ketones (excluding diaryl/α,β-unsaturated/α-hetero) is 1. The van der Waals surface area contributed by atoms with Gasteiger partial charge in [-0.05, 0) is 61.6 Å². The van der Waals surface area contributed by atoms with Gasteiger partial charge < -0.3 is 9.80 Å². The molecule has 0 spiro atoms. The minimum absolute atomic E-state index is 0. The first-order valence-electron chi connectivity index (χ1n) is 11.7. The van der Waals surface area contributed by atoms with Crippen molar-refractivity contribution < 1.29 is 14.0 Å². The highest BCUT2D eigenvalue weighted by Gasteiger charge is 2.41. The van der Waals surface area contributed by atoms with Crippen LogP contribution in [0.3, 0.4) is 0 Å². The van der Waals surface area contributed by atoms with Crippen molar-refractivity contribution in [2.45, 2.75) is 52.5 Å². The third-order valence-electron chi connectivity index (χ3n) is 6.75. The minimum atomic E-state index is -0.347. The van der Waals surface area contributed by atoms with Crippen LogP contribution in [0.15, 0.2) is 48.5 Å². The molecule has 7 heteroatoms. The maximum atomic E-state index is 13.1. The normalized spacial score (nSPS) is 16.5. The van der Waals surface area contributed by atoms with Crippen LogP contribution in [0.2, 0.25) is 0 Å². The maximum absolute atomic E-state index is 13.1. The highest BCUT2D eigenvalue weighted by Crippen LogP contribution is 2.39. The number of carbonyl (C=O) groups is 2. The van der Waals surface area contributed by atoms with Crippen LogP contribution < -0.4 is 9.80 Å². The Balaban J connectivity index is 0.00000289. The lowest BCUT2D eigenvalue weighted by Crippen LogP contribution is -2.50. The number of aryl methyl sites for hydroxylation is 3. The van der Waals surface area contributed by atoms with E-state index in [1.54, 1.807) is 4.90 Å². The third-order valence-corrected chi connectivity index (χ3v) is 6.75. The summed E-state index contributed by atoms with van der Waals surface area (Å²) in [4.78, 5) is 38.5. The third kappa shape index (κ3) is 4.81. The van der Waals surface area contributed by atoms with E-state index in [2.05, 4.69) is 4.90 Å². The van der Waals surface area contributed by atoms with Gasteiger partial charge in [0.2, 0.25) is 5.91 Å². The lowest BCUT2D eigenvalue weighted by atomic mass is 10.0. The van der Waals surface area contributed by atoms with Crippen LogP contribution in [0.25, 0.3) is 0 Å². The number of nitrogens with zero attached hydrogens (tertiary/aromatic N) is 4. The van der Waals surface area contributed by atoms with Crippen molar-refractivity contribution in [3.63, 3.8) is 0 Å². The summed E-state index contributed by atoms with van der Waals surface area (Å²) in [5, 5.41) is 0. The summed E-state index contributed by atoms with van der Waals surface area (Å²) in [6, 6.07) is 13.5. The molecule has 1 amide bonds. The van der Waals surface area contributed by atoms with E-state index < -0.39 is 0 Å². The second kappa shape index (κ2) is 9.94. The summed E-state index contributed by atoms with van der Waals surface area (Å²) < 4.78 is 13.1. The topological polar surface area (TPSA) is 66.4 Å². The van der Waals surface area contributed by atoms with Crippen molar-refractivity contribution in [1.29, 1.82) is 0 Å². The van der Waals surface area contributed by atoms with Crippen molar-refractivity contribution in [3.8, 4) is 0 Å². The molecule has 2 aliphatic rings. The molecule has 0 radical (unpaired) electrons. The molecule has 1 atom stereocenters. The molecule has 1 fully saturated rings. The summed E-state index contributed by atoms with van der Waals surface area (Å²) in [5.41, 5.74) is 4.23. The van der Waals surface area contributed by atoms with Gasteiger partial charge in [-0.25, -0.2) is 14.4 Å². The zero-order valence-electron chi connectivity index (χ0n) is 19.4. The molecule has 3 heterocycles. The zero-order chi connectivity index (χ0) is 23.8. The fraction of sp³-hybridized carbons (Fsp3) is 0.357. The summed E-state index contributed by atoms with van der Waals surface area (Å²) in [5.74, 6) is 1.40. The molecular weight excluding hydrogens is 443 g/mol. The van der Waals surface area contributed by atoms with Gasteiger partial charge in [-0.2, -0.15) is 0 Å². The molecule has 0 N–H and O–H groups in total. The standard InChI is InChI=1S/C27H27FN4O2.CH4/c1-17-25-26(32-15-3-4-22(32)27(34)31(25)2)30-24(29-17)14-9-18-5-7-19(8-6-18)16-23(33)20-10-12-21(28)13-11-20;/h5-8,10-13,22H,3-4,9,14-16H2,1-2H3;1H4/t22-;/m1./s1. The monoisotopic (exact) mass is 474 g/mol. The Bertz CT molecular complexity index is 1240. The zero-order valence-corrected chi connectivity index (χ0v) is 19.4. The van der Waals surface area contributed by atoms with E-state index in [9.17, 15) is 14.0 Å². The Kier molecular flexibility index (Phi) is 6.96. The summed E-state index contributed by atoms with van der Waals surface area (Å²) >= 11 is 0. The Morgan fingerprint density at radius 3 is 2.43 bits per heavy atom. The fourth-order valence-corrected chi connectivity index (χ4v) is 4.93. The van der Waals surface area contributed by atoms with Crippen LogP contribution in [0, 0.1) is 12.7 Å². The molecule has 0 bridgehead atoms. The molecule has 182 valence electrons. The molecule has 6 nitrogen and oxygen atoms in total. The second-order valence-electron chi connectivity index (χ2n) is 9.07. The smallest absolute Gasteiger partial charge is 0.249 e. The number of hydrogen-bond acceptors (Lipinski definition) is 5. The van der Waals surface area contributed by atoms with Gasteiger partial charge in [-0.15, -0.1) is 0 Å². The van der Waals surface area contributed by atoms with Crippen molar-refractivity contribution in [1.82, 2.24) is 9.97 Å². The van der Waals surface area contributed by atoms with Crippen molar-refractivity contribution in [2.24, 2.45) is 0 Å². The lowest BCUT2D eigenvalue weighted by Gasteiger charge is -2.37. The number of rotatable bonds is 6. The number of halogens is 1. The molecule has 1 aromatic heterocycles. The molecular formula is C28H31FN4O2. The number of hydrogen-bond donors (Lipinski definition) is 0. The number of ketones is 1.